The molecule has 0 saturated heterocycles. The number of furan rings is 1. The van der Waals surface area contributed by atoms with Crippen LogP contribution in [0, 0.1) is 0 Å². The molecule has 0 saturated carbocycles. The standard InChI is InChI=1S/C47H29N3O/c1-2-12-33(13-3-1)45-48-46(34-25-23-30(24-26-34)35-27-28-39-38-18-6-7-22-42(38)51-43(39)29-35)50-47(49-45)41-21-10-16-32-15-9-20-40(44(32)41)37-19-8-14-31-11-4-5-17-36(31)37/h1-29H. The van der Waals surface area contributed by atoms with E-state index in [2.05, 4.69) is 127 Å². The summed E-state index contributed by atoms with van der Waals surface area (Å²) in [4.78, 5) is 15.3. The minimum absolute atomic E-state index is 0.623. The zero-order chi connectivity index (χ0) is 33.7. The van der Waals surface area contributed by atoms with E-state index in [1.807, 2.05) is 48.5 Å². The number of hydrogen-bond donors (Lipinski definition) is 0. The Morgan fingerprint density at radius 3 is 1.67 bits per heavy atom. The monoisotopic (exact) mass is 651 g/mol. The van der Waals surface area contributed by atoms with Crippen LogP contribution in [-0.2, 0) is 0 Å². The van der Waals surface area contributed by atoms with Crippen molar-refractivity contribution >= 4 is 43.5 Å². The molecular formula is C47H29N3O. The first-order valence-corrected chi connectivity index (χ1v) is 17.1. The van der Waals surface area contributed by atoms with Crippen LogP contribution in [0.4, 0.5) is 0 Å². The van der Waals surface area contributed by atoms with Gasteiger partial charge in [0.05, 0.1) is 0 Å². The van der Waals surface area contributed by atoms with E-state index < -0.39 is 0 Å². The Labute approximate surface area is 294 Å². The summed E-state index contributed by atoms with van der Waals surface area (Å²) in [6, 6.07) is 61.1. The van der Waals surface area contributed by atoms with Gasteiger partial charge in [-0.15, -0.1) is 0 Å². The van der Waals surface area contributed by atoms with Crippen molar-refractivity contribution in [3.8, 4) is 56.4 Å². The largest absolute Gasteiger partial charge is 0.456 e. The van der Waals surface area contributed by atoms with Crippen molar-refractivity contribution in [2.75, 3.05) is 0 Å². The molecule has 0 fully saturated rings. The van der Waals surface area contributed by atoms with Crippen LogP contribution in [-0.4, -0.2) is 15.0 Å². The molecule has 0 aliphatic rings. The molecule has 8 aromatic carbocycles. The van der Waals surface area contributed by atoms with Crippen LogP contribution in [0.15, 0.2) is 180 Å². The lowest BCUT2D eigenvalue weighted by Gasteiger charge is -2.15. The van der Waals surface area contributed by atoms with Crippen LogP contribution >= 0.6 is 0 Å². The predicted molar refractivity (Wildman–Crippen MR) is 209 cm³/mol. The van der Waals surface area contributed by atoms with Crippen LogP contribution in [0.3, 0.4) is 0 Å². The number of fused-ring (bicyclic) bond motifs is 5. The Morgan fingerprint density at radius 1 is 0.314 bits per heavy atom. The third-order valence-corrected chi connectivity index (χ3v) is 9.75. The van der Waals surface area contributed by atoms with Crippen molar-refractivity contribution in [1.29, 1.82) is 0 Å². The maximum atomic E-state index is 6.18. The van der Waals surface area contributed by atoms with Crippen LogP contribution in [0.25, 0.3) is 99.9 Å². The molecule has 0 spiro atoms. The van der Waals surface area contributed by atoms with Gasteiger partial charge in [0, 0.05) is 32.8 Å². The Hall–Kier alpha value is -6.91. The van der Waals surface area contributed by atoms with E-state index in [9.17, 15) is 0 Å². The maximum absolute atomic E-state index is 6.18. The lowest BCUT2D eigenvalue weighted by Crippen LogP contribution is -2.01. The minimum Gasteiger partial charge on any atom is -0.456 e. The first-order chi connectivity index (χ1) is 25.3. The average Bonchev–Trinajstić information content (AvgIpc) is 3.58. The van der Waals surface area contributed by atoms with Gasteiger partial charge < -0.3 is 4.42 Å². The molecule has 10 rings (SSSR count). The van der Waals surface area contributed by atoms with Gasteiger partial charge in [0.2, 0.25) is 0 Å². The maximum Gasteiger partial charge on any atom is 0.164 e. The fraction of sp³-hybridized carbons (Fsp3) is 0. The number of rotatable bonds is 5. The Balaban J connectivity index is 1.12. The molecule has 0 amide bonds. The summed E-state index contributed by atoms with van der Waals surface area (Å²) in [6.45, 7) is 0. The molecule has 10 aromatic rings. The molecule has 2 aromatic heterocycles. The normalized spacial score (nSPS) is 11.5. The number of nitrogens with zero attached hydrogens (tertiary/aromatic N) is 3. The number of hydrogen-bond acceptors (Lipinski definition) is 4. The molecule has 0 bridgehead atoms. The molecule has 4 nitrogen and oxygen atoms in total. The molecule has 238 valence electrons. The van der Waals surface area contributed by atoms with Crippen molar-refractivity contribution in [3.05, 3.63) is 176 Å². The second kappa shape index (κ2) is 11.9. The van der Waals surface area contributed by atoms with Crippen LogP contribution in [0.1, 0.15) is 0 Å². The quantitative estimate of drug-likeness (QED) is 0.186. The van der Waals surface area contributed by atoms with E-state index in [0.717, 1.165) is 66.1 Å². The molecular weight excluding hydrogens is 623 g/mol. The van der Waals surface area contributed by atoms with Crippen LogP contribution in [0.2, 0.25) is 0 Å². The van der Waals surface area contributed by atoms with Crippen LogP contribution < -0.4 is 0 Å². The van der Waals surface area contributed by atoms with Gasteiger partial charge >= 0.3 is 0 Å². The molecule has 0 unspecified atom stereocenters. The Kier molecular flexibility index (Phi) is 6.78. The molecule has 0 atom stereocenters. The first kappa shape index (κ1) is 29.0. The van der Waals surface area contributed by atoms with E-state index in [4.69, 9.17) is 19.4 Å². The van der Waals surface area contributed by atoms with Gasteiger partial charge in [-0.25, -0.2) is 15.0 Å². The highest BCUT2D eigenvalue weighted by Gasteiger charge is 2.18. The summed E-state index contributed by atoms with van der Waals surface area (Å²) in [5.74, 6) is 1.89. The molecule has 2 heterocycles. The number of aromatic nitrogens is 3. The lowest BCUT2D eigenvalue weighted by atomic mass is 9.91. The van der Waals surface area contributed by atoms with Gasteiger partial charge in [-0.3, -0.25) is 0 Å². The van der Waals surface area contributed by atoms with Crippen molar-refractivity contribution in [2.45, 2.75) is 0 Å². The van der Waals surface area contributed by atoms with Crippen molar-refractivity contribution < 1.29 is 4.42 Å². The molecule has 51 heavy (non-hydrogen) atoms. The summed E-state index contributed by atoms with van der Waals surface area (Å²) in [7, 11) is 0. The minimum atomic E-state index is 0.623. The predicted octanol–water partition coefficient (Wildman–Crippen LogP) is 12.4. The summed E-state index contributed by atoms with van der Waals surface area (Å²) < 4.78 is 6.18. The highest BCUT2D eigenvalue weighted by atomic mass is 16.3. The third-order valence-electron chi connectivity index (χ3n) is 9.75. The Bertz CT molecular complexity index is 2900. The first-order valence-electron chi connectivity index (χ1n) is 17.1. The van der Waals surface area contributed by atoms with E-state index in [-0.39, 0.29) is 0 Å². The summed E-state index contributed by atoms with van der Waals surface area (Å²) in [5.41, 5.74) is 9.10. The van der Waals surface area contributed by atoms with Crippen molar-refractivity contribution in [1.82, 2.24) is 15.0 Å². The third kappa shape index (κ3) is 5.04. The highest BCUT2D eigenvalue weighted by Crippen LogP contribution is 2.39. The number of benzene rings is 8. The molecule has 0 N–H and O–H groups in total. The second-order valence-electron chi connectivity index (χ2n) is 12.8. The molecule has 0 aliphatic carbocycles. The SMILES string of the molecule is c1ccc(-c2nc(-c3ccc(-c4ccc5c(c4)oc4ccccc45)cc3)nc(-c3cccc4cccc(-c5cccc6ccccc56)c34)n2)cc1. The summed E-state index contributed by atoms with van der Waals surface area (Å²) in [6.07, 6.45) is 0. The van der Waals surface area contributed by atoms with Crippen molar-refractivity contribution in [3.63, 3.8) is 0 Å². The van der Waals surface area contributed by atoms with E-state index in [1.165, 1.54) is 16.3 Å². The summed E-state index contributed by atoms with van der Waals surface area (Å²) in [5, 5.41) is 6.91. The van der Waals surface area contributed by atoms with E-state index in [1.54, 1.807) is 0 Å². The second-order valence-corrected chi connectivity index (χ2v) is 12.8. The molecule has 0 radical (unpaired) electrons. The molecule has 0 aliphatic heterocycles. The van der Waals surface area contributed by atoms with Gasteiger partial charge in [0.15, 0.2) is 17.5 Å². The number of para-hydroxylation sites is 1. The zero-order valence-corrected chi connectivity index (χ0v) is 27.5. The van der Waals surface area contributed by atoms with Gasteiger partial charge in [0.25, 0.3) is 0 Å². The fourth-order valence-corrected chi connectivity index (χ4v) is 7.27. The topological polar surface area (TPSA) is 51.8 Å². The highest BCUT2D eigenvalue weighted by molar-refractivity contribution is 6.10. The molecule has 4 heteroatoms. The van der Waals surface area contributed by atoms with Gasteiger partial charge in [-0.1, -0.05) is 158 Å². The smallest absolute Gasteiger partial charge is 0.164 e. The van der Waals surface area contributed by atoms with Crippen LogP contribution in [0.5, 0.6) is 0 Å². The van der Waals surface area contributed by atoms with E-state index >= 15 is 0 Å². The van der Waals surface area contributed by atoms with Gasteiger partial charge in [-0.2, -0.15) is 0 Å². The average molecular weight is 652 g/mol. The van der Waals surface area contributed by atoms with Gasteiger partial charge in [-0.05, 0) is 56.6 Å². The zero-order valence-electron chi connectivity index (χ0n) is 27.5. The Morgan fingerprint density at radius 2 is 0.863 bits per heavy atom. The summed E-state index contributed by atoms with van der Waals surface area (Å²) >= 11 is 0. The lowest BCUT2D eigenvalue weighted by molar-refractivity contribution is 0.669. The van der Waals surface area contributed by atoms with E-state index in [0.29, 0.717) is 17.5 Å². The van der Waals surface area contributed by atoms with Crippen molar-refractivity contribution in [2.24, 2.45) is 0 Å². The van der Waals surface area contributed by atoms with Gasteiger partial charge in [0.1, 0.15) is 11.2 Å². The fourth-order valence-electron chi connectivity index (χ4n) is 7.27.